The first-order valence-electron chi connectivity index (χ1n) is 7.28. The van der Waals surface area contributed by atoms with E-state index in [4.69, 9.17) is 0 Å². The Kier molecular flexibility index (Phi) is 3.40. The Balaban J connectivity index is 2.45. The zero-order chi connectivity index (χ0) is 13.6. The van der Waals surface area contributed by atoms with Gasteiger partial charge in [-0.2, -0.15) is 0 Å². The van der Waals surface area contributed by atoms with Gasteiger partial charge in [-0.05, 0) is 54.9 Å². The summed E-state index contributed by atoms with van der Waals surface area (Å²) in [6, 6.07) is 0. The molecule has 2 fully saturated rings. The van der Waals surface area contributed by atoms with E-state index in [1.54, 1.807) is 0 Å². The number of rotatable bonds is 1. The Hall–Kier alpha value is -0.340. The van der Waals surface area contributed by atoms with Crippen LogP contribution >= 0.6 is 0 Å². The molecule has 0 unspecified atom stereocenters. The summed E-state index contributed by atoms with van der Waals surface area (Å²) in [5.41, 5.74) is 0.757. The molecule has 2 aliphatic carbocycles. The number of fused-ring (bicyclic) bond motifs is 1. The normalized spacial score (nSPS) is 45.9. The monoisotopic (exact) mass is 252 g/mol. The molecule has 0 aromatic carbocycles. The van der Waals surface area contributed by atoms with Gasteiger partial charge in [-0.15, -0.1) is 0 Å². The van der Waals surface area contributed by atoms with Crippen LogP contribution in [0.1, 0.15) is 59.8 Å². The van der Waals surface area contributed by atoms with E-state index in [0.717, 1.165) is 24.8 Å². The van der Waals surface area contributed by atoms with E-state index >= 15 is 0 Å². The Bertz CT molecular complexity index is 354. The molecule has 0 aromatic heterocycles. The smallest absolute Gasteiger partial charge is 0.0835 e. The SMILES string of the molecule is CC1(C)CCC[C@]2(C)/C(=C/CO)[C@](C)(O)CC[C@@H]12. The first-order valence-corrected chi connectivity index (χ1v) is 7.28. The highest BCUT2D eigenvalue weighted by Crippen LogP contribution is 2.61. The highest BCUT2D eigenvalue weighted by molar-refractivity contribution is 5.29. The van der Waals surface area contributed by atoms with E-state index in [-0.39, 0.29) is 12.0 Å². The van der Waals surface area contributed by atoms with Crippen molar-refractivity contribution < 1.29 is 10.2 Å². The van der Waals surface area contributed by atoms with Crippen LogP contribution in [0.4, 0.5) is 0 Å². The largest absolute Gasteiger partial charge is 0.392 e. The second-order valence-corrected chi connectivity index (χ2v) is 7.43. The average Bonchev–Trinajstić information content (AvgIpc) is 2.22. The van der Waals surface area contributed by atoms with Gasteiger partial charge in [-0.25, -0.2) is 0 Å². The molecule has 2 nitrogen and oxygen atoms in total. The van der Waals surface area contributed by atoms with E-state index in [1.807, 2.05) is 13.0 Å². The van der Waals surface area contributed by atoms with Crippen LogP contribution in [0.25, 0.3) is 0 Å². The van der Waals surface area contributed by atoms with Crippen molar-refractivity contribution in [1.82, 2.24) is 0 Å². The molecule has 2 heteroatoms. The first kappa shape index (κ1) is 14.1. The zero-order valence-corrected chi connectivity index (χ0v) is 12.3. The fourth-order valence-corrected chi connectivity index (χ4v) is 4.87. The topological polar surface area (TPSA) is 40.5 Å². The van der Waals surface area contributed by atoms with Crippen molar-refractivity contribution in [3.63, 3.8) is 0 Å². The van der Waals surface area contributed by atoms with Gasteiger partial charge in [0.1, 0.15) is 0 Å². The van der Waals surface area contributed by atoms with Gasteiger partial charge >= 0.3 is 0 Å². The van der Waals surface area contributed by atoms with E-state index in [9.17, 15) is 10.2 Å². The van der Waals surface area contributed by atoms with Gasteiger partial charge in [-0.1, -0.05) is 33.3 Å². The van der Waals surface area contributed by atoms with E-state index in [0.29, 0.717) is 11.3 Å². The van der Waals surface area contributed by atoms with Crippen LogP contribution in [-0.4, -0.2) is 22.4 Å². The molecule has 0 heterocycles. The fraction of sp³-hybridized carbons (Fsp3) is 0.875. The second-order valence-electron chi connectivity index (χ2n) is 7.43. The van der Waals surface area contributed by atoms with Crippen LogP contribution < -0.4 is 0 Å². The highest BCUT2D eigenvalue weighted by Gasteiger charge is 2.54. The Labute approximate surface area is 111 Å². The van der Waals surface area contributed by atoms with Crippen molar-refractivity contribution in [1.29, 1.82) is 0 Å². The number of aliphatic hydroxyl groups excluding tert-OH is 1. The van der Waals surface area contributed by atoms with Crippen molar-refractivity contribution in [3.05, 3.63) is 11.6 Å². The summed E-state index contributed by atoms with van der Waals surface area (Å²) in [6.45, 7) is 8.98. The molecule has 2 aliphatic rings. The number of hydrogen-bond donors (Lipinski definition) is 2. The molecule has 0 aromatic rings. The lowest BCUT2D eigenvalue weighted by Gasteiger charge is -2.58. The third-order valence-corrected chi connectivity index (χ3v) is 5.64. The standard InChI is InChI=1S/C16H28O2/c1-14(2)8-5-9-15(3)12(14)6-10-16(4,18)13(15)7-11-17/h7,12,17-18H,5-6,8-11H2,1-4H3/b13-7-/t12-,15-,16+/m0/s1. The summed E-state index contributed by atoms with van der Waals surface area (Å²) >= 11 is 0. The third kappa shape index (κ3) is 2.04. The van der Waals surface area contributed by atoms with Crippen LogP contribution in [0.2, 0.25) is 0 Å². The molecule has 0 bridgehead atoms. The molecule has 2 saturated carbocycles. The van der Waals surface area contributed by atoms with Crippen molar-refractivity contribution >= 4 is 0 Å². The van der Waals surface area contributed by atoms with Crippen molar-refractivity contribution in [2.75, 3.05) is 6.61 Å². The Morgan fingerprint density at radius 3 is 2.44 bits per heavy atom. The molecule has 2 rings (SSSR count). The van der Waals surface area contributed by atoms with Crippen molar-refractivity contribution in [2.24, 2.45) is 16.7 Å². The van der Waals surface area contributed by atoms with Gasteiger partial charge in [0.15, 0.2) is 0 Å². The third-order valence-electron chi connectivity index (χ3n) is 5.64. The van der Waals surface area contributed by atoms with Gasteiger partial charge in [0.25, 0.3) is 0 Å². The summed E-state index contributed by atoms with van der Waals surface area (Å²) in [5, 5.41) is 20.0. The van der Waals surface area contributed by atoms with E-state index in [2.05, 4.69) is 20.8 Å². The van der Waals surface area contributed by atoms with Crippen LogP contribution in [0, 0.1) is 16.7 Å². The predicted molar refractivity (Wildman–Crippen MR) is 74.3 cm³/mol. The molecule has 0 radical (unpaired) electrons. The maximum atomic E-state index is 10.7. The van der Waals surface area contributed by atoms with Crippen molar-refractivity contribution in [3.8, 4) is 0 Å². The lowest BCUT2D eigenvalue weighted by molar-refractivity contribution is -0.0611. The number of hydrogen-bond acceptors (Lipinski definition) is 2. The summed E-state index contributed by atoms with van der Waals surface area (Å²) < 4.78 is 0. The first-order chi connectivity index (χ1) is 8.24. The minimum Gasteiger partial charge on any atom is -0.392 e. The Morgan fingerprint density at radius 2 is 1.83 bits per heavy atom. The Morgan fingerprint density at radius 1 is 1.17 bits per heavy atom. The van der Waals surface area contributed by atoms with E-state index < -0.39 is 5.60 Å². The maximum Gasteiger partial charge on any atom is 0.0835 e. The molecule has 0 aliphatic heterocycles. The summed E-state index contributed by atoms with van der Waals surface area (Å²) in [4.78, 5) is 0. The molecule has 0 saturated heterocycles. The fourth-order valence-electron chi connectivity index (χ4n) is 4.87. The molecular formula is C16H28O2. The predicted octanol–water partition coefficient (Wildman–Crippen LogP) is 3.28. The number of aliphatic hydroxyl groups is 2. The molecule has 0 amide bonds. The van der Waals surface area contributed by atoms with Crippen LogP contribution in [0.3, 0.4) is 0 Å². The molecule has 104 valence electrons. The quantitative estimate of drug-likeness (QED) is 0.703. The molecule has 0 spiro atoms. The van der Waals surface area contributed by atoms with Crippen LogP contribution in [0.5, 0.6) is 0 Å². The van der Waals surface area contributed by atoms with Crippen LogP contribution in [0.15, 0.2) is 11.6 Å². The second kappa shape index (κ2) is 4.35. The minimum atomic E-state index is -0.735. The van der Waals surface area contributed by atoms with Gasteiger partial charge in [-0.3, -0.25) is 0 Å². The summed E-state index contributed by atoms with van der Waals surface area (Å²) in [5.74, 6) is 0.622. The molecular weight excluding hydrogens is 224 g/mol. The molecule has 2 N–H and O–H groups in total. The van der Waals surface area contributed by atoms with E-state index in [1.165, 1.54) is 12.8 Å². The molecule has 18 heavy (non-hydrogen) atoms. The zero-order valence-electron chi connectivity index (χ0n) is 12.3. The van der Waals surface area contributed by atoms with Crippen LogP contribution in [-0.2, 0) is 0 Å². The summed E-state index contributed by atoms with van der Waals surface area (Å²) in [7, 11) is 0. The van der Waals surface area contributed by atoms with Crippen molar-refractivity contribution in [2.45, 2.75) is 65.4 Å². The molecule has 3 atom stereocenters. The van der Waals surface area contributed by atoms with Gasteiger partial charge in [0.2, 0.25) is 0 Å². The van der Waals surface area contributed by atoms with Gasteiger partial charge in [0, 0.05) is 0 Å². The average molecular weight is 252 g/mol. The lowest BCUT2D eigenvalue weighted by Crippen LogP contribution is -2.52. The lowest BCUT2D eigenvalue weighted by atomic mass is 9.48. The summed E-state index contributed by atoms with van der Waals surface area (Å²) in [6.07, 6.45) is 7.43. The van der Waals surface area contributed by atoms with Gasteiger partial charge in [0.05, 0.1) is 12.2 Å². The highest BCUT2D eigenvalue weighted by atomic mass is 16.3. The maximum absolute atomic E-state index is 10.7. The minimum absolute atomic E-state index is 0.0359. The van der Waals surface area contributed by atoms with Gasteiger partial charge < -0.3 is 10.2 Å².